The summed E-state index contributed by atoms with van der Waals surface area (Å²) in [5, 5.41) is 15.2. The van der Waals surface area contributed by atoms with Gasteiger partial charge in [-0.2, -0.15) is 5.10 Å². The second-order valence-electron chi connectivity index (χ2n) is 11.4. The van der Waals surface area contributed by atoms with E-state index in [1.54, 1.807) is 30.3 Å². The zero-order valence-corrected chi connectivity index (χ0v) is 24.6. The molecule has 0 heterocycles. The van der Waals surface area contributed by atoms with E-state index in [4.69, 9.17) is 27.9 Å². The largest absolute Gasteiger partial charge is 0.507 e. The first kappa shape index (κ1) is 30.2. The van der Waals surface area contributed by atoms with E-state index in [1.807, 2.05) is 12.1 Å². The maximum absolute atomic E-state index is 12.5. The quantitative estimate of drug-likeness (QED) is 0.133. The highest BCUT2D eigenvalue weighted by molar-refractivity contribution is 6.37. The molecule has 1 amide bonds. The molecule has 0 atom stereocenters. The Labute approximate surface area is 240 Å². The lowest BCUT2D eigenvalue weighted by atomic mass is 9.78. The number of ether oxygens (including phenoxy) is 1. The van der Waals surface area contributed by atoms with E-state index in [-0.39, 0.29) is 39.0 Å². The molecule has 0 bridgehead atoms. The summed E-state index contributed by atoms with van der Waals surface area (Å²) in [4.78, 5) is 24.8. The molecule has 39 heavy (non-hydrogen) atoms. The van der Waals surface area contributed by atoms with Gasteiger partial charge in [0, 0.05) is 6.42 Å². The van der Waals surface area contributed by atoms with Gasteiger partial charge in [0.25, 0.3) is 0 Å². The van der Waals surface area contributed by atoms with Gasteiger partial charge in [0.1, 0.15) is 5.75 Å². The number of aromatic hydroxyl groups is 1. The Bertz CT molecular complexity index is 1330. The number of hydrogen-bond donors (Lipinski definition) is 2. The van der Waals surface area contributed by atoms with Gasteiger partial charge in [0.05, 0.1) is 21.8 Å². The van der Waals surface area contributed by atoms with Gasteiger partial charge in [-0.25, -0.2) is 10.2 Å². The summed E-state index contributed by atoms with van der Waals surface area (Å²) in [5.41, 5.74) is 5.61. The number of aryl methyl sites for hydroxylation is 1. The number of carbonyl (C=O) groups is 2. The van der Waals surface area contributed by atoms with Crippen LogP contribution in [-0.2, 0) is 22.0 Å². The van der Waals surface area contributed by atoms with E-state index in [1.165, 1.54) is 18.3 Å². The van der Waals surface area contributed by atoms with Crippen molar-refractivity contribution in [3.8, 4) is 11.5 Å². The lowest BCUT2D eigenvalue weighted by molar-refractivity contribution is -0.121. The number of nitrogens with one attached hydrogen (secondary N) is 1. The van der Waals surface area contributed by atoms with Crippen molar-refractivity contribution in [3.63, 3.8) is 0 Å². The highest BCUT2D eigenvalue weighted by Crippen LogP contribution is 2.40. The molecule has 8 heteroatoms. The lowest BCUT2D eigenvalue weighted by Gasteiger charge is -2.28. The van der Waals surface area contributed by atoms with Crippen molar-refractivity contribution >= 4 is 41.3 Å². The van der Waals surface area contributed by atoms with Gasteiger partial charge in [-0.15, -0.1) is 0 Å². The first-order chi connectivity index (χ1) is 18.2. The van der Waals surface area contributed by atoms with Crippen LogP contribution >= 0.6 is 23.2 Å². The Morgan fingerprint density at radius 1 is 0.923 bits per heavy atom. The molecule has 0 spiro atoms. The number of esters is 1. The molecule has 0 saturated heterocycles. The fourth-order valence-electron chi connectivity index (χ4n) is 3.95. The van der Waals surface area contributed by atoms with Gasteiger partial charge < -0.3 is 9.84 Å². The third kappa shape index (κ3) is 8.07. The van der Waals surface area contributed by atoms with E-state index in [9.17, 15) is 14.7 Å². The van der Waals surface area contributed by atoms with Gasteiger partial charge >= 0.3 is 5.97 Å². The van der Waals surface area contributed by atoms with Crippen LogP contribution in [0.15, 0.2) is 59.7 Å². The van der Waals surface area contributed by atoms with Crippen LogP contribution in [0.2, 0.25) is 10.0 Å². The number of hydrogen-bond acceptors (Lipinski definition) is 5. The maximum Gasteiger partial charge on any atom is 0.343 e. The first-order valence-electron chi connectivity index (χ1n) is 12.6. The zero-order chi connectivity index (χ0) is 29.0. The van der Waals surface area contributed by atoms with Gasteiger partial charge in [-0.1, -0.05) is 95.1 Å². The molecular weight excluding hydrogens is 535 g/mol. The second-order valence-corrected chi connectivity index (χ2v) is 12.2. The average molecular weight is 570 g/mol. The summed E-state index contributed by atoms with van der Waals surface area (Å²) in [6, 6.07) is 15.5. The molecule has 0 unspecified atom stereocenters. The van der Waals surface area contributed by atoms with Gasteiger partial charge in [0.2, 0.25) is 5.91 Å². The highest BCUT2D eigenvalue weighted by Gasteiger charge is 2.26. The SMILES string of the molecule is CC(C)(C)c1cc(CCC(=O)N/N=C\c2cc(Cl)c(OC(=O)c3ccccc3)c(Cl)c2)cc(C(C)(C)C)c1O. The van der Waals surface area contributed by atoms with Crippen molar-refractivity contribution in [2.45, 2.75) is 65.2 Å². The third-order valence-corrected chi connectivity index (χ3v) is 6.62. The highest BCUT2D eigenvalue weighted by atomic mass is 35.5. The molecule has 3 aromatic carbocycles. The van der Waals surface area contributed by atoms with Crippen molar-refractivity contribution in [1.82, 2.24) is 5.43 Å². The molecule has 6 nitrogen and oxygen atoms in total. The van der Waals surface area contributed by atoms with Crippen LogP contribution in [0, 0.1) is 0 Å². The fourth-order valence-corrected chi connectivity index (χ4v) is 4.53. The molecule has 206 valence electrons. The van der Waals surface area contributed by atoms with Crippen molar-refractivity contribution in [2.75, 3.05) is 0 Å². The predicted molar refractivity (Wildman–Crippen MR) is 157 cm³/mol. The second kappa shape index (κ2) is 12.2. The molecular formula is C31H34Cl2N2O4. The van der Waals surface area contributed by atoms with E-state index >= 15 is 0 Å². The minimum atomic E-state index is -0.578. The summed E-state index contributed by atoms with van der Waals surface area (Å²) in [7, 11) is 0. The summed E-state index contributed by atoms with van der Waals surface area (Å²) < 4.78 is 5.37. The van der Waals surface area contributed by atoms with Crippen LogP contribution in [0.4, 0.5) is 0 Å². The van der Waals surface area contributed by atoms with Crippen LogP contribution in [0.1, 0.15) is 80.6 Å². The summed E-state index contributed by atoms with van der Waals surface area (Å²) in [6.07, 6.45) is 2.12. The van der Waals surface area contributed by atoms with Crippen molar-refractivity contribution in [2.24, 2.45) is 5.10 Å². The molecule has 0 aliphatic rings. The summed E-state index contributed by atoms with van der Waals surface area (Å²) >= 11 is 12.6. The molecule has 3 aromatic rings. The van der Waals surface area contributed by atoms with Crippen LogP contribution in [0.5, 0.6) is 11.5 Å². The third-order valence-electron chi connectivity index (χ3n) is 6.05. The molecule has 0 radical (unpaired) electrons. The zero-order valence-electron chi connectivity index (χ0n) is 23.1. The van der Waals surface area contributed by atoms with E-state index in [0.29, 0.717) is 23.3 Å². The summed E-state index contributed by atoms with van der Waals surface area (Å²) in [6.45, 7) is 12.3. The molecule has 0 fully saturated rings. The summed E-state index contributed by atoms with van der Waals surface area (Å²) in [5.74, 6) is -0.483. The standard InChI is InChI=1S/C31H34Cl2N2O4/c1-30(2,3)22-14-19(15-23(27(22)37)31(4,5)6)12-13-26(36)35-34-18-20-16-24(32)28(25(33)17-20)39-29(38)21-10-8-7-9-11-21/h7-11,14-18,37H,12-13H2,1-6H3,(H,35,36)/b34-18-. The topological polar surface area (TPSA) is 88.0 Å². The Morgan fingerprint density at radius 2 is 1.46 bits per heavy atom. The molecule has 0 saturated carbocycles. The monoisotopic (exact) mass is 568 g/mol. The van der Waals surface area contributed by atoms with Crippen LogP contribution < -0.4 is 10.2 Å². The number of benzene rings is 3. The number of halogens is 2. The van der Waals surface area contributed by atoms with Crippen LogP contribution in [0.25, 0.3) is 0 Å². The average Bonchev–Trinajstić information content (AvgIpc) is 2.84. The van der Waals surface area contributed by atoms with Crippen molar-refractivity contribution < 1.29 is 19.4 Å². The Kier molecular flexibility index (Phi) is 9.47. The Balaban J connectivity index is 1.65. The number of amides is 1. The maximum atomic E-state index is 12.5. The fraction of sp³-hybridized carbons (Fsp3) is 0.323. The number of carbonyl (C=O) groups excluding carboxylic acids is 2. The number of nitrogens with zero attached hydrogens (tertiary/aromatic N) is 1. The van der Waals surface area contributed by atoms with E-state index < -0.39 is 5.97 Å². The normalized spacial score (nSPS) is 12.0. The predicted octanol–water partition coefficient (Wildman–Crippen LogP) is 7.60. The first-order valence-corrected chi connectivity index (χ1v) is 13.4. The molecule has 0 aliphatic carbocycles. The smallest absolute Gasteiger partial charge is 0.343 e. The molecule has 3 rings (SSSR count). The molecule has 2 N–H and O–H groups in total. The number of phenolic OH excluding ortho intramolecular Hbond substituents is 1. The Hall–Kier alpha value is -3.35. The van der Waals surface area contributed by atoms with Gasteiger partial charge in [-0.05, 0) is 63.8 Å². The Morgan fingerprint density at radius 3 is 1.97 bits per heavy atom. The minimum absolute atomic E-state index is 0.0477. The van der Waals surface area contributed by atoms with Crippen molar-refractivity contribution in [1.29, 1.82) is 0 Å². The van der Waals surface area contributed by atoms with Crippen LogP contribution in [-0.4, -0.2) is 23.2 Å². The number of rotatable bonds is 7. The van der Waals surface area contributed by atoms with E-state index in [2.05, 4.69) is 52.1 Å². The van der Waals surface area contributed by atoms with Gasteiger partial charge in [0.15, 0.2) is 5.75 Å². The number of phenols is 1. The van der Waals surface area contributed by atoms with Crippen LogP contribution in [0.3, 0.4) is 0 Å². The van der Waals surface area contributed by atoms with Crippen molar-refractivity contribution in [3.05, 3.63) is 92.5 Å². The number of hydrazone groups is 1. The molecule has 0 aromatic heterocycles. The van der Waals surface area contributed by atoms with Gasteiger partial charge in [-0.3, -0.25) is 4.79 Å². The molecule has 0 aliphatic heterocycles. The minimum Gasteiger partial charge on any atom is -0.507 e. The van der Waals surface area contributed by atoms with E-state index in [0.717, 1.165) is 16.7 Å². The lowest BCUT2D eigenvalue weighted by Crippen LogP contribution is -2.20.